The Morgan fingerprint density at radius 3 is 2.19 bits per heavy atom. The van der Waals surface area contributed by atoms with Crippen LogP contribution in [0.1, 0.15) is 42.5 Å². The van der Waals surface area contributed by atoms with Crippen LogP contribution in [0.5, 0.6) is 0 Å². The van der Waals surface area contributed by atoms with Crippen LogP contribution in [-0.2, 0) is 0 Å². The maximum absolute atomic E-state index is 12.3. The Labute approximate surface area is 106 Å². The standard InChI is InChI=1S/C13H14Cl2O/c14-11-6-4-10(5-7-11)12(16)13(15)8-2-1-3-9-13/h4-7H,1-3,8-9H2. The predicted molar refractivity (Wildman–Crippen MR) is 67.5 cm³/mol. The van der Waals surface area contributed by atoms with Gasteiger partial charge in [-0.15, -0.1) is 11.6 Å². The minimum Gasteiger partial charge on any atom is -0.292 e. The number of benzene rings is 1. The van der Waals surface area contributed by atoms with Gasteiger partial charge in [0.15, 0.2) is 5.78 Å². The van der Waals surface area contributed by atoms with Crippen LogP contribution in [0, 0.1) is 0 Å². The van der Waals surface area contributed by atoms with Gasteiger partial charge < -0.3 is 0 Å². The van der Waals surface area contributed by atoms with Crippen molar-refractivity contribution >= 4 is 29.0 Å². The Hall–Kier alpha value is -0.530. The fourth-order valence-electron chi connectivity index (χ4n) is 2.20. The van der Waals surface area contributed by atoms with Crippen LogP contribution in [0.3, 0.4) is 0 Å². The average Bonchev–Trinajstić information content (AvgIpc) is 2.30. The van der Waals surface area contributed by atoms with Crippen molar-refractivity contribution in [3.8, 4) is 0 Å². The van der Waals surface area contributed by atoms with E-state index in [2.05, 4.69) is 0 Å². The molecule has 0 amide bonds. The number of carbonyl (C=O) groups excluding carboxylic acids is 1. The number of Topliss-reactive ketones (excluding diaryl/α,β-unsaturated/α-hetero) is 1. The Bertz CT molecular complexity index is 377. The fourth-order valence-corrected chi connectivity index (χ4v) is 2.70. The highest BCUT2D eigenvalue weighted by molar-refractivity contribution is 6.38. The van der Waals surface area contributed by atoms with Gasteiger partial charge in [0.05, 0.1) is 0 Å². The molecule has 0 heterocycles. The number of ketones is 1. The maximum Gasteiger partial charge on any atom is 0.183 e. The van der Waals surface area contributed by atoms with Crippen LogP contribution in [-0.4, -0.2) is 10.7 Å². The molecular formula is C13H14Cl2O. The summed E-state index contributed by atoms with van der Waals surface area (Å²) in [6.07, 6.45) is 4.85. The summed E-state index contributed by atoms with van der Waals surface area (Å²) in [5, 5.41) is 0.642. The number of hydrogen-bond donors (Lipinski definition) is 0. The molecule has 0 aromatic heterocycles. The van der Waals surface area contributed by atoms with Gasteiger partial charge in [0.25, 0.3) is 0 Å². The molecule has 2 rings (SSSR count). The normalized spacial score (nSPS) is 19.4. The summed E-state index contributed by atoms with van der Waals surface area (Å²) in [4.78, 5) is 11.6. The Kier molecular flexibility index (Phi) is 3.56. The van der Waals surface area contributed by atoms with Gasteiger partial charge >= 0.3 is 0 Å². The van der Waals surface area contributed by atoms with Crippen molar-refractivity contribution < 1.29 is 4.79 Å². The lowest BCUT2D eigenvalue weighted by atomic mass is 9.83. The number of carbonyl (C=O) groups is 1. The number of hydrogen-bond acceptors (Lipinski definition) is 1. The molecule has 1 aliphatic rings. The van der Waals surface area contributed by atoms with Crippen LogP contribution in [0.4, 0.5) is 0 Å². The Balaban J connectivity index is 2.20. The van der Waals surface area contributed by atoms with Gasteiger partial charge in [-0.2, -0.15) is 0 Å². The van der Waals surface area contributed by atoms with Gasteiger partial charge in [0.2, 0.25) is 0 Å². The molecule has 0 aliphatic heterocycles. The first-order valence-corrected chi connectivity index (χ1v) is 6.37. The topological polar surface area (TPSA) is 17.1 Å². The van der Waals surface area contributed by atoms with Crippen LogP contribution in [0.15, 0.2) is 24.3 Å². The molecule has 3 heteroatoms. The van der Waals surface area contributed by atoms with E-state index in [0.717, 1.165) is 25.7 Å². The van der Waals surface area contributed by atoms with Gasteiger partial charge in [0, 0.05) is 10.6 Å². The molecule has 1 fully saturated rings. The summed E-state index contributed by atoms with van der Waals surface area (Å²) in [7, 11) is 0. The maximum atomic E-state index is 12.3. The second-order valence-corrected chi connectivity index (χ2v) is 5.52. The van der Waals surface area contributed by atoms with Crippen LogP contribution in [0.2, 0.25) is 5.02 Å². The third-order valence-corrected chi connectivity index (χ3v) is 3.96. The van der Waals surface area contributed by atoms with Crippen molar-refractivity contribution in [1.29, 1.82) is 0 Å². The molecule has 1 nitrogen and oxygen atoms in total. The van der Waals surface area contributed by atoms with Crippen molar-refractivity contribution in [2.24, 2.45) is 0 Å². The first-order valence-electron chi connectivity index (χ1n) is 5.61. The van der Waals surface area contributed by atoms with E-state index >= 15 is 0 Å². The summed E-state index contributed by atoms with van der Waals surface area (Å²) < 4.78 is 0. The van der Waals surface area contributed by atoms with Crippen molar-refractivity contribution in [3.63, 3.8) is 0 Å². The molecule has 1 aromatic rings. The van der Waals surface area contributed by atoms with Gasteiger partial charge in [-0.05, 0) is 37.1 Å². The minimum atomic E-state index is -0.675. The zero-order valence-corrected chi connectivity index (χ0v) is 10.5. The van der Waals surface area contributed by atoms with Gasteiger partial charge in [0.1, 0.15) is 4.87 Å². The second-order valence-electron chi connectivity index (χ2n) is 4.36. The third-order valence-electron chi connectivity index (χ3n) is 3.16. The van der Waals surface area contributed by atoms with E-state index in [1.165, 1.54) is 6.42 Å². The van der Waals surface area contributed by atoms with E-state index < -0.39 is 4.87 Å². The first-order chi connectivity index (χ1) is 7.62. The largest absolute Gasteiger partial charge is 0.292 e. The smallest absolute Gasteiger partial charge is 0.183 e. The lowest BCUT2D eigenvalue weighted by Crippen LogP contribution is -2.34. The highest BCUT2D eigenvalue weighted by Crippen LogP contribution is 2.37. The number of alkyl halides is 1. The zero-order chi connectivity index (χ0) is 11.6. The first kappa shape index (κ1) is 11.9. The molecule has 1 aromatic carbocycles. The lowest BCUT2D eigenvalue weighted by Gasteiger charge is -2.29. The zero-order valence-electron chi connectivity index (χ0n) is 9.01. The highest BCUT2D eigenvalue weighted by atomic mass is 35.5. The van der Waals surface area contributed by atoms with E-state index in [0.29, 0.717) is 10.6 Å². The monoisotopic (exact) mass is 256 g/mol. The van der Waals surface area contributed by atoms with E-state index in [1.54, 1.807) is 24.3 Å². The molecule has 86 valence electrons. The Morgan fingerprint density at radius 2 is 1.62 bits per heavy atom. The van der Waals surface area contributed by atoms with E-state index in [1.807, 2.05) is 0 Å². The lowest BCUT2D eigenvalue weighted by molar-refractivity contribution is 0.0913. The van der Waals surface area contributed by atoms with Crippen molar-refractivity contribution in [1.82, 2.24) is 0 Å². The summed E-state index contributed by atoms with van der Waals surface area (Å²) in [6.45, 7) is 0. The number of rotatable bonds is 2. The molecule has 0 atom stereocenters. The summed E-state index contributed by atoms with van der Waals surface area (Å²) in [5.74, 6) is 0.0468. The molecule has 1 saturated carbocycles. The molecule has 0 saturated heterocycles. The quantitative estimate of drug-likeness (QED) is 0.564. The SMILES string of the molecule is O=C(c1ccc(Cl)cc1)C1(Cl)CCCCC1. The molecule has 0 N–H and O–H groups in total. The van der Waals surface area contributed by atoms with Crippen LogP contribution >= 0.6 is 23.2 Å². The minimum absolute atomic E-state index is 0.0468. The summed E-state index contributed by atoms with van der Waals surface area (Å²) in [6, 6.07) is 6.97. The third kappa shape index (κ3) is 2.41. The van der Waals surface area contributed by atoms with Gasteiger partial charge in [-0.1, -0.05) is 30.9 Å². The van der Waals surface area contributed by atoms with Gasteiger partial charge in [-0.25, -0.2) is 0 Å². The molecular weight excluding hydrogens is 243 g/mol. The van der Waals surface area contributed by atoms with Crippen LogP contribution in [0.25, 0.3) is 0 Å². The second kappa shape index (κ2) is 4.77. The van der Waals surface area contributed by atoms with E-state index in [-0.39, 0.29) is 5.78 Å². The van der Waals surface area contributed by atoms with Crippen molar-refractivity contribution in [3.05, 3.63) is 34.9 Å². The average molecular weight is 257 g/mol. The molecule has 0 spiro atoms. The summed E-state index contributed by atoms with van der Waals surface area (Å²) >= 11 is 12.2. The van der Waals surface area contributed by atoms with Crippen molar-refractivity contribution in [2.75, 3.05) is 0 Å². The van der Waals surface area contributed by atoms with Gasteiger partial charge in [-0.3, -0.25) is 4.79 Å². The molecule has 0 unspecified atom stereocenters. The van der Waals surface area contributed by atoms with E-state index in [4.69, 9.17) is 23.2 Å². The van der Waals surface area contributed by atoms with Crippen LogP contribution < -0.4 is 0 Å². The molecule has 16 heavy (non-hydrogen) atoms. The van der Waals surface area contributed by atoms with E-state index in [9.17, 15) is 4.79 Å². The molecule has 1 aliphatic carbocycles. The Morgan fingerprint density at radius 1 is 1.06 bits per heavy atom. The fraction of sp³-hybridized carbons (Fsp3) is 0.462. The molecule has 0 bridgehead atoms. The molecule has 0 radical (unpaired) electrons. The van der Waals surface area contributed by atoms with Crippen molar-refractivity contribution in [2.45, 2.75) is 37.0 Å². The number of halogens is 2. The summed E-state index contributed by atoms with van der Waals surface area (Å²) in [5.41, 5.74) is 0.668. The predicted octanol–water partition coefficient (Wildman–Crippen LogP) is 4.46. The highest BCUT2D eigenvalue weighted by Gasteiger charge is 2.37.